The minimum absolute atomic E-state index is 0.106. The topological polar surface area (TPSA) is 20.2 Å². The second-order valence-corrected chi connectivity index (χ2v) is 15.1. The molecule has 0 saturated heterocycles. The molecule has 1 atom stereocenters. The molecule has 1 nitrogen and oxygen atoms in total. The Morgan fingerprint density at radius 2 is 1.63 bits per heavy atom. The maximum atomic E-state index is 10.8. The van der Waals surface area contributed by atoms with Gasteiger partial charge in [0.25, 0.3) is 0 Å². The first-order chi connectivity index (χ1) is 8.83. The van der Waals surface area contributed by atoms with Crippen LogP contribution in [0.25, 0.3) is 0 Å². The maximum absolute atomic E-state index is 10.8. The van der Waals surface area contributed by atoms with Crippen LogP contribution in [0.3, 0.4) is 0 Å². The molecule has 0 spiro atoms. The number of hydrogen-bond acceptors (Lipinski definition) is 1. The SMILES string of the molecule is CCC(CC)([Se]c1ccccc1)C(O)C[Si](C)(C)C. The van der Waals surface area contributed by atoms with Crippen molar-refractivity contribution in [2.45, 2.75) is 62.8 Å². The van der Waals surface area contributed by atoms with Crippen LogP contribution in [-0.4, -0.2) is 34.2 Å². The van der Waals surface area contributed by atoms with Crippen molar-refractivity contribution in [2.75, 3.05) is 0 Å². The van der Waals surface area contributed by atoms with Crippen LogP contribution in [0.15, 0.2) is 30.3 Å². The van der Waals surface area contributed by atoms with Crippen molar-refractivity contribution in [3.63, 3.8) is 0 Å². The Morgan fingerprint density at radius 3 is 2.05 bits per heavy atom. The van der Waals surface area contributed by atoms with Gasteiger partial charge < -0.3 is 0 Å². The molecule has 0 aromatic heterocycles. The predicted octanol–water partition coefficient (Wildman–Crippen LogP) is 3.69. The fourth-order valence-corrected chi connectivity index (χ4v) is 6.97. The van der Waals surface area contributed by atoms with E-state index in [1.807, 2.05) is 0 Å². The summed E-state index contributed by atoms with van der Waals surface area (Å²) in [6, 6.07) is 11.7. The summed E-state index contributed by atoms with van der Waals surface area (Å²) in [5.74, 6) is 0. The van der Waals surface area contributed by atoms with Gasteiger partial charge in [0.05, 0.1) is 0 Å². The molecule has 0 aliphatic rings. The van der Waals surface area contributed by atoms with Crippen LogP contribution in [0, 0.1) is 0 Å². The zero-order valence-electron chi connectivity index (χ0n) is 12.9. The quantitative estimate of drug-likeness (QED) is 0.749. The average Bonchev–Trinajstić information content (AvgIpc) is 2.35. The zero-order valence-corrected chi connectivity index (χ0v) is 15.7. The molecule has 1 aromatic rings. The van der Waals surface area contributed by atoms with Crippen LogP contribution in [0.5, 0.6) is 0 Å². The normalized spacial score (nSPS) is 14.4. The van der Waals surface area contributed by atoms with Crippen molar-refractivity contribution in [3.8, 4) is 0 Å². The molecule has 0 heterocycles. The standard InChI is InChI=1S/C16H28OSeSi/c1-6-16(7-2,15(17)13-19(3,4)5)18-14-11-9-8-10-12-14/h8-12,15,17H,6-7,13H2,1-5H3. The summed E-state index contributed by atoms with van der Waals surface area (Å²) in [5, 5.41) is 10.8. The fourth-order valence-electron chi connectivity index (χ4n) is 2.42. The van der Waals surface area contributed by atoms with E-state index in [2.05, 4.69) is 63.8 Å². The summed E-state index contributed by atoms with van der Waals surface area (Å²) in [6.07, 6.45) is 2.00. The van der Waals surface area contributed by atoms with E-state index in [0.29, 0.717) is 15.0 Å². The Balaban J connectivity index is 2.90. The first-order valence-corrected chi connectivity index (χ1v) is 12.7. The molecule has 0 radical (unpaired) electrons. The summed E-state index contributed by atoms with van der Waals surface area (Å²) < 4.78 is 1.52. The molecule has 1 N–H and O–H groups in total. The van der Waals surface area contributed by atoms with Gasteiger partial charge in [-0.15, -0.1) is 0 Å². The van der Waals surface area contributed by atoms with Crippen molar-refractivity contribution in [1.29, 1.82) is 0 Å². The number of benzene rings is 1. The zero-order chi connectivity index (χ0) is 14.5. The summed E-state index contributed by atoms with van der Waals surface area (Å²) in [5.41, 5.74) is 0. The van der Waals surface area contributed by atoms with Gasteiger partial charge in [0, 0.05) is 0 Å². The van der Waals surface area contributed by atoms with Crippen molar-refractivity contribution >= 4 is 27.5 Å². The molecule has 0 aliphatic carbocycles. The molecule has 1 aromatic carbocycles. The monoisotopic (exact) mass is 344 g/mol. The van der Waals surface area contributed by atoms with E-state index in [0.717, 1.165) is 18.9 Å². The van der Waals surface area contributed by atoms with Crippen molar-refractivity contribution in [2.24, 2.45) is 0 Å². The molecule has 3 heteroatoms. The molecule has 0 fully saturated rings. The van der Waals surface area contributed by atoms with Gasteiger partial charge in [0.1, 0.15) is 0 Å². The molecule has 0 amide bonds. The Labute approximate surface area is 126 Å². The molecular weight excluding hydrogens is 315 g/mol. The number of aliphatic hydroxyl groups excluding tert-OH is 1. The van der Waals surface area contributed by atoms with E-state index in [1.165, 1.54) is 4.46 Å². The number of aliphatic hydroxyl groups is 1. The second-order valence-electron chi connectivity index (χ2n) is 6.47. The molecule has 0 aliphatic heterocycles. The first-order valence-electron chi connectivity index (χ1n) is 7.25. The molecule has 0 saturated carbocycles. The van der Waals surface area contributed by atoms with Gasteiger partial charge in [-0.3, -0.25) is 0 Å². The average molecular weight is 343 g/mol. The van der Waals surface area contributed by atoms with Crippen LogP contribution >= 0.6 is 0 Å². The fraction of sp³-hybridized carbons (Fsp3) is 0.625. The van der Waals surface area contributed by atoms with E-state index in [9.17, 15) is 5.11 Å². The first kappa shape index (κ1) is 17.0. The summed E-state index contributed by atoms with van der Waals surface area (Å²) in [4.78, 5) is 0. The van der Waals surface area contributed by atoms with Gasteiger partial charge in [-0.25, -0.2) is 0 Å². The molecule has 1 rings (SSSR count). The van der Waals surface area contributed by atoms with Gasteiger partial charge in [0.15, 0.2) is 0 Å². The van der Waals surface area contributed by atoms with Crippen molar-refractivity contribution in [1.82, 2.24) is 0 Å². The molecule has 19 heavy (non-hydrogen) atoms. The van der Waals surface area contributed by atoms with Crippen LogP contribution < -0.4 is 4.46 Å². The number of rotatable bonds is 7. The minimum atomic E-state index is -1.22. The summed E-state index contributed by atoms with van der Waals surface area (Å²) in [6.45, 7) is 11.5. The Kier molecular flexibility index (Phi) is 6.32. The van der Waals surface area contributed by atoms with E-state index in [4.69, 9.17) is 0 Å². The molecular formula is C16H28OSeSi. The third kappa shape index (κ3) is 5.07. The Hall–Kier alpha value is -0.0836. The van der Waals surface area contributed by atoms with Gasteiger partial charge in [-0.1, -0.05) is 0 Å². The molecule has 108 valence electrons. The predicted molar refractivity (Wildman–Crippen MR) is 89.3 cm³/mol. The van der Waals surface area contributed by atoms with Gasteiger partial charge >= 0.3 is 126 Å². The van der Waals surface area contributed by atoms with Crippen LogP contribution in [0.1, 0.15) is 26.7 Å². The Morgan fingerprint density at radius 1 is 1.11 bits per heavy atom. The third-order valence-electron chi connectivity index (χ3n) is 3.67. The van der Waals surface area contributed by atoms with Crippen LogP contribution in [0.2, 0.25) is 30.0 Å². The van der Waals surface area contributed by atoms with E-state index in [1.54, 1.807) is 0 Å². The van der Waals surface area contributed by atoms with Crippen molar-refractivity contribution < 1.29 is 5.11 Å². The van der Waals surface area contributed by atoms with Crippen LogP contribution in [-0.2, 0) is 0 Å². The summed E-state index contributed by atoms with van der Waals surface area (Å²) >= 11 is 0.344. The van der Waals surface area contributed by atoms with Gasteiger partial charge in [-0.05, 0) is 0 Å². The van der Waals surface area contributed by atoms with E-state index in [-0.39, 0.29) is 10.4 Å². The van der Waals surface area contributed by atoms with Gasteiger partial charge in [0.2, 0.25) is 0 Å². The Bertz CT molecular complexity index is 368. The second kappa shape index (κ2) is 7.08. The van der Waals surface area contributed by atoms with Crippen LogP contribution in [0.4, 0.5) is 0 Å². The molecule has 0 bridgehead atoms. The number of hydrogen-bond donors (Lipinski definition) is 1. The molecule has 1 unspecified atom stereocenters. The third-order valence-corrected chi connectivity index (χ3v) is 8.99. The van der Waals surface area contributed by atoms with E-state index >= 15 is 0 Å². The van der Waals surface area contributed by atoms with E-state index < -0.39 is 8.07 Å². The summed E-state index contributed by atoms with van der Waals surface area (Å²) in [7, 11) is -1.22. The van der Waals surface area contributed by atoms with Crippen molar-refractivity contribution in [3.05, 3.63) is 30.3 Å². The van der Waals surface area contributed by atoms with Gasteiger partial charge in [-0.2, -0.15) is 0 Å².